The average Bonchev–Trinajstić information content (AvgIpc) is 3.58. The number of aliphatic hydroxyl groups is 6. The first-order chi connectivity index (χ1) is 21.6. The average molecular weight is 649 g/mol. The number of carbonyl (C=O) groups is 1. The smallest absolute Gasteiger partial charge is 0.312 e. The molecule has 46 heavy (non-hydrogen) atoms. The maximum atomic E-state index is 13.5. The van der Waals surface area contributed by atoms with E-state index in [0.717, 1.165) is 44.9 Å². The monoisotopic (exact) mass is 648 g/mol. The molecule has 0 aromatic rings. The number of esters is 1. The Morgan fingerprint density at radius 2 is 1.76 bits per heavy atom. The fraction of sp³-hybridized carbons (Fsp3) is 0.857. The maximum absolute atomic E-state index is 13.5. The van der Waals surface area contributed by atoms with Gasteiger partial charge in [-0.1, -0.05) is 39.8 Å². The largest absolute Gasteiger partial charge is 0.456 e. The highest BCUT2D eigenvalue weighted by atomic mass is 16.7. The number of rotatable bonds is 5. The van der Waals surface area contributed by atoms with E-state index < -0.39 is 66.8 Å². The van der Waals surface area contributed by atoms with E-state index in [2.05, 4.69) is 26.0 Å². The van der Waals surface area contributed by atoms with E-state index in [9.17, 15) is 35.4 Å². The van der Waals surface area contributed by atoms with Crippen molar-refractivity contribution >= 4 is 5.97 Å². The van der Waals surface area contributed by atoms with Gasteiger partial charge in [-0.3, -0.25) is 4.79 Å². The molecule has 7 aliphatic rings. The van der Waals surface area contributed by atoms with Gasteiger partial charge in [-0.25, -0.2) is 0 Å². The summed E-state index contributed by atoms with van der Waals surface area (Å²) in [6.45, 7) is 9.22. The van der Waals surface area contributed by atoms with Crippen LogP contribution in [-0.2, 0) is 23.7 Å². The lowest BCUT2D eigenvalue weighted by Gasteiger charge is -2.54. The zero-order chi connectivity index (χ0) is 33.1. The van der Waals surface area contributed by atoms with Crippen molar-refractivity contribution in [2.45, 2.75) is 140 Å². The summed E-state index contributed by atoms with van der Waals surface area (Å²) in [5, 5.41) is 63.2. The SMILES string of the molecule is CC(C)C1(O)C2OC(=O)C(C3CCC4C5=CCC6CC(OC7OC(CO)C(O)C(O)C7O)CCC6(C)C5=CCC43C)C2OC1(C)O. The molecule has 0 aromatic heterocycles. The molecule has 258 valence electrons. The van der Waals surface area contributed by atoms with Crippen LogP contribution in [-0.4, -0.2) is 104 Å². The summed E-state index contributed by atoms with van der Waals surface area (Å²) < 4.78 is 23.8. The number of fused-ring (bicyclic) bond motifs is 6. The van der Waals surface area contributed by atoms with E-state index in [1.165, 1.54) is 18.1 Å². The third kappa shape index (κ3) is 4.46. The molecule has 0 spiro atoms. The van der Waals surface area contributed by atoms with Crippen LogP contribution in [0.15, 0.2) is 23.3 Å². The molecule has 0 amide bonds. The van der Waals surface area contributed by atoms with Crippen LogP contribution >= 0.6 is 0 Å². The van der Waals surface area contributed by atoms with Gasteiger partial charge >= 0.3 is 5.97 Å². The minimum atomic E-state index is -1.82. The summed E-state index contributed by atoms with van der Waals surface area (Å²) in [4.78, 5) is 13.5. The molecule has 4 aliphatic carbocycles. The molecule has 2 saturated carbocycles. The first-order valence-corrected chi connectivity index (χ1v) is 17.3. The second-order valence-corrected chi connectivity index (χ2v) is 16.2. The lowest BCUT2D eigenvalue weighted by molar-refractivity contribution is -0.314. The fourth-order valence-corrected chi connectivity index (χ4v) is 10.9. The third-order valence-corrected chi connectivity index (χ3v) is 13.7. The lowest BCUT2D eigenvalue weighted by atomic mass is 9.51. The summed E-state index contributed by atoms with van der Waals surface area (Å²) in [6, 6.07) is 0. The predicted molar refractivity (Wildman–Crippen MR) is 162 cm³/mol. The van der Waals surface area contributed by atoms with Crippen LogP contribution in [0.25, 0.3) is 0 Å². The van der Waals surface area contributed by atoms with Gasteiger partial charge in [-0.2, -0.15) is 0 Å². The van der Waals surface area contributed by atoms with E-state index in [-0.39, 0.29) is 40.7 Å². The van der Waals surface area contributed by atoms with E-state index in [0.29, 0.717) is 5.92 Å². The van der Waals surface area contributed by atoms with Crippen molar-refractivity contribution in [3.05, 3.63) is 23.3 Å². The van der Waals surface area contributed by atoms with Gasteiger partial charge in [-0.15, -0.1) is 0 Å². The summed E-state index contributed by atoms with van der Waals surface area (Å²) in [5.74, 6) is -2.54. The predicted octanol–water partition coefficient (Wildman–Crippen LogP) is 1.71. The van der Waals surface area contributed by atoms with Crippen molar-refractivity contribution in [3.8, 4) is 0 Å². The zero-order valence-electron chi connectivity index (χ0n) is 27.5. The van der Waals surface area contributed by atoms with Crippen LogP contribution < -0.4 is 0 Å². The first kappa shape index (κ1) is 33.1. The number of allylic oxidation sites excluding steroid dienone is 4. The number of carbonyl (C=O) groups excluding carboxylic acids is 1. The molecule has 0 radical (unpaired) electrons. The van der Waals surface area contributed by atoms with E-state index in [1.54, 1.807) is 13.8 Å². The van der Waals surface area contributed by atoms with Gasteiger partial charge in [0, 0.05) is 0 Å². The fourth-order valence-electron chi connectivity index (χ4n) is 10.9. The highest BCUT2D eigenvalue weighted by Gasteiger charge is 2.73. The molecular formula is C35H52O11. The molecule has 16 unspecified atom stereocenters. The molecule has 16 atom stereocenters. The van der Waals surface area contributed by atoms with Gasteiger partial charge < -0.3 is 49.6 Å². The Labute approximate surface area is 270 Å². The number of hydrogen-bond acceptors (Lipinski definition) is 11. The summed E-state index contributed by atoms with van der Waals surface area (Å²) >= 11 is 0. The summed E-state index contributed by atoms with van der Waals surface area (Å²) in [7, 11) is 0. The summed E-state index contributed by atoms with van der Waals surface area (Å²) in [6.07, 6.45) is 2.37. The Kier molecular flexibility index (Phi) is 7.95. The van der Waals surface area contributed by atoms with Crippen LogP contribution in [0.5, 0.6) is 0 Å². The Balaban J connectivity index is 1.08. The first-order valence-electron chi connectivity index (χ1n) is 17.3. The van der Waals surface area contributed by atoms with Crippen molar-refractivity contribution < 1.29 is 54.4 Å². The number of ether oxygens (including phenoxy) is 4. The van der Waals surface area contributed by atoms with Crippen molar-refractivity contribution in [3.63, 3.8) is 0 Å². The molecule has 3 aliphatic heterocycles. The van der Waals surface area contributed by atoms with Crippen molar-refractivity contribution in [1.82, 2.24) is 0 Å². The van der Waals surface area contributed by atoms with Gasteiger partial charge in [-0.05, 0) is 97.5 Å². The number of hydrogen-bond donors (Lipinski definition) is 6. The van der Waals surface area contributed by atoms with Gasteiger partial charge in [0.2, 0.25) is 0 Å². The van der Waals surface area contributed by atoms with Gasteiger partial charge in [0.25, 0.3) is 0 Å². The molecule has 3 saturated heterocycles. The van der Waals surface area contributed by atoms with E-state index in [1.807, 2.05) is 0 Å². The van der Waals surface area contributed by atoms with Crippen LogP contribution in [0.4, 0.5) is 0 Å². The van der Waals surface area contributed by atoms with Crippen molar-refractivity contribution in [2.24, 2.45) is 40.4 Å². The summed E-state index contributed by atoms with van der Waals surface area (Å²) in [5.41, 5.74) is 0.816. The van der Waals surface area contributed by atoms with Crippen LogP contribution in [0.2, 0.25) is 0 Å². The molecular weight excluding hydrogens is 596 g/mol. The number of aliphatic hydroxyl groups excluding tert-OH is 4. The normalized spacial score (nSPS) is 54.8. The Bertz CT molecular complexity index is 1290. The minimum absolute atomic E-state index is 0.0165. The van der Waals surface area contributed by atoms with Gasteiger partial charge in [0.1, 0.15) is 30.5 Å². The maximum Gasteiger partial charge on any atom is 0.312 e. The van der Waals surface area contributed by atoms with E-state index >= 15 is 0 Å². The van der Waals surface area contributed by atoms with Crippen LogP contribution in [0, 0.1) is 40.4 Å². The zero-order valence-corrected chi connectivity index (χ0v) is 27.5. The topological polar surface area (TPSA) is 175 Å². The second kappa shape index (κ2) is 11.1. The Morgan fingerprint density at radius 3 is 2.46 bits per heavy atom. The third-order valence-electron chi connectivity index (χ3n) is 13.7. The Hall–Kier alpha value is -1.41. The highest BCUT2D eigenvalue weighted by Crippen LogP contribution is 2.66. The molecule has 11 nitrogen and oxygen atoms in total. The molecule has 0 bridgehead atoms. The molecule has 11 heteroatoms. The van der Waals surface area contributed by atoms with Crippen molar-refractivity contribution in [1.29, 1.82) is 0 Å². The highest BCUT2D eigenvalue weighted by molar-refractivity contribution is 5.77. The van der Waals surface area contributed by atoms with Crippen LogP contribution in [0.3, 0.4) is 0 Å². The molecule has 3 heterocycles. The second-order valence-electron chi connectivity index (χ2n) is 16.2. The van der Waals surface area contributed by atoms with Crippen LogP contribution in [0.1, 0.15) is 79.6 Å². The molecule has 0 aromatic carbocycles. The molecule has 7 rings (SSSR count). The quantitative estimate of drug-likeness (QED) is 0.240. The standard InChI is InChI=1S/C35H52O11/c1-16(2)35(42)29-28(46-34(35,5)41)24(30(40)45-29)22-9-8-20-19-7-6-17-14-18(10-12-32(17,3)21(19)11-13-33(20,22)4)43-31-27(39)26(38)25(37)23(15-36)44-31/h7,11,16-18,20,22-29,31,36-39,41-42H,6,8-10,12-15H2,1-5H3. The molecule has 5 fully saturated rings. The minimum Gasteiger partial charge on any atom is -0.456 e. The van der Waals surface area contributed by atoms with E-state index in [4.69, 9.17) is 18.9 Å². The van der Waals surface area contributed by atoms with Crippen molar-refractivity contribution in [2.75, 3.05) is 6.61 Å². The molecule has 6 N–H and O–H groups in total. The van der Waals surface area contributed by atoms with Gasteiger partial charge in [0.05, 0.1) is 18.6 Å². The van der Waals surface area contributed by atoms with Gasteiger partial charge in [0.15, 0.2) is 23.8 Å². The lowest BCUT2D eigenvalue weighted by Crippen LogP contribution is -2.60. The Morgan fingerprint density at radius 1 is 1.02 bits per heavy atom.